The lowest BCUT2D eigenvalue weighted by Crippen LogP contribution is -2.18. The first kappa shape index (κ1) is 10.0. The third kappa shape index (κ3) is 8.05. The van der Waals surface area contributed by atoms with Gasteiger partial charge in [-0.2, -0.15) is 11.8 Å². The maximum Gasteiger partial charge on any atom is 0.0159 e. The molecule has 0 bridgehead atoms. The lowest BCUT2D eigenvalue weighted by Gasteiger charge is -2.01. The van der Waals surface area contributed by atoms with Crippen molar-refractivity contribution in [2.75, 3.05) is 24.6 Å². The zero-order valence-electron chi connectivity index (χ0n) is 6.94. The molecule has 0 saturated heterocycles. The van der Waals surface area contributed by atoms with Crippen LogP contribution in [-0.4, -0.2) is 24.6 Å². The van der Waals surface area contributed by atoms with Crippen molar-refractivity contribution in [3.63, 3.8) is 0 Å². The van der Waals surface area contributed by atoms with Gasteiger partial charge in [-0.15, -0.1) is 0 Å². The zero-order valence-corrected chi connectivity index (χ0v) is 7.76. The molecule has 1 nitrogen and oxygen atoms in total. The van der Waals surface area contributed by atoms with Gasteiger partial charge in [-0.25, -0.2) is 0 Å². The van der Waals surface area contributed by atoms with Crippen molar-refractivity contribution in [1.82, 2.24) is 5.32 Å². The summed E-state index contributed by atoms with van der Waals surface area (Å²) in [5.41, 5.74) is 1.21. The summed E-state index contributed by atoms with van der Waals surface area (Å²) >= 11 is 1.97. The Balaban J connectivity index is 2.84. The lowest BCUT2D eigenvalue weighted by molar-refractivity contribution is 0.784. The van der Waals surface area contributed by atoms with Crippen molar-refractivity contribution in [3.8, 4) is 0 Å². The lowest BCUT2D eigenvalue weighted by atomic mass is 10.3. The fourth-order valence-corrected chi connectivity index (χ4v) is 1.17. The molecule has 0 saturated carbocycles. The summed E-state index contributed by atoms with van der Waals surface area (Å²) in [4.78, 5) is 0. The van der Waals surface area contributed by atoms with Crippen LogP contribution in [0, 0.1) is 0 Å². The van der Waals surface area contributed by atoms with Crippen LogP contribution in [0.25, 0.3) is 0 Å². The molecule has 0 spiro atoms. The van der Waals surface area contributed by atoms with E-state index >= 15 is 0 Å². The second-order valence-corrected chi connectivity index (χ2v) is 3.72. The molecule has 0 aliphatic heterocycles. The highest BCUT2D eigenvalue weighted by molar-refractivity contribution is 7.99. The molecular formula is C8H17NS. The van der Waals surface area contributed by atoms with Crippen molar-refractivity contribution in [2.24, 2.45) is 0 Å². The quantitative estimate of drug-likeness (QED) is 0.469. The van der Waals surface area contributed by atoms with Crippen molar-refractivity contribution >= 4 is 11.8 Å². The summed E-state index contributed by atoms with van der Waals surface area (Å²) in [7, 11) is 0. The molecule has 0 fully saturated rings. The highest BCUT2D eigenvalue weighted by Gasteiger charge is 1.86. The smallest absolute Gasteiger partial charge is 0.0159 e. The van der Waals surface area contributed by atoms with Gasteiger partial charge in [-0.1, -0.05) is 19.1 Å². The van der Waals surface area contributed by atoms with Crippen LogP contribution < -0.4 is 5.32 Å². The number of thioether (sulfide) groups is 1. The Morgan fingerprint density at radius 3 is 2.80 bits per heavy atom. The van der Waals surface area contributed by atoms with Gasteiger partial charge in [0.2, 0.25) is 0 Å². The minimum absolute atomic E-state index is 0.963. The first-order valence-electron chi connectivity index (χ1n) is 3.70. The Morgan fingerprint density at radius 2 is 2.30 bits per heavy atom. The molecule has 0 atom stereocenters. The van der Waals surface area contributed by atoms with Gasteiger partial charge in [-0.3, -0.25) is 0 Å². The van der Waals surface area contributed by atoms with Crippen molar-refractivity contribution in [2.45, 2.75) is 13.8 Å². The molecule has 0 aliphatic carbocycles. The Morgan fingerprint density at radius 1 is 1.60 bits per heavy atom. The molecule has 0 radical (unpaired) electrons. The van der Waals surface area contributed by atoms with Crippen molar-refractivity contribution < 1.29 is 0 Å². The minimum atomic E-state index is 0.963. The average Bonchev–Trinajstić information content (AvgIpc) is 1.87. The molecule has 10 heavy (non-hydrogen) atoms. The third-order valence-electron chi connectivity index (χ3n) is 1.05. The van der Waals surface area contributed by atoms with E-state index in [0.29, 0.717) is 0 Å². The van der Waals surface area contributed by atoms with E-state index in [-0.39, 0.29) is 0 Å². The van der Waals surface area contributed by atoms with Crippen LogP contribution in [-0.2, 0) is 0 Å². The van der Waals surface area contributed by atoms with E-state index in [4.69, 9.17) is 0 Å². The largest absolute Gasteiger partial charge is 0.312 e. The van der Waals surface area contributed by atoms with E-state index in [1.165, 1.54) is 17.1 Å². The SMILES string of the molecule is C=C(C)CNCCSCC. The molecule has 2 heteroatoms. The fourth-order valence-electron chi connectivity index (χ4n) is 0.590. The monoisotopic (exact) mass is 159 g/mol. The molecule has 0 aromatic carbocycles. The van der Waals surface area contributed by atoms with Crippen LogP contribution in [0.1, 0.15) is 13.8 Å². The molecule has 0 amide bonds. The standard InChI is InChI=1S/C8H17NS/c1-4-10-6-5-9-7-8(2)3/h9H,2,4-7H2,1,3H3. The summed E-state index contributed by atoms with van der Waals surface area (Å²) in [6.07, 6.45) is 0. The van der Waals surface area contributed by atoms with Gasteiger partial charge < -0.3 is 5.32 Å². The van der Waals surface area contributed by atoms with E-state index in [2.05, 4.69) is 18.8 Å². The van der Waals surface area contributed by atoms with Gasteiger partial charge in [0.25, 0.3) is 0 Å². The number of nitrogens with one attached hydrogen (secondary N) is 1. The van der Waals surface area contributed by atoms with Gasteiger partial charge >= 0.3 is 0 Å². The minimum Gasteiger partial charge on any atom is -0.312 e. The fraction of sp³-hybridized carbons (Fsp3) is 0.750. The Kier molecular flexibility index (Phi) is 7.20. The van der Waals surface area contributed by atoms with Crippen LogP contribution >= 0.6 is 11.8 Å². The van der Waals surface area contributed by atoms with E-state index in [1.54, 1.807) is 0 Å². The Hall–Kier alpha value is 0.0500. The van der Waals surface area contributed by atoms with Crippen molar-refractivity contribution in [1.29, 1.82) is 0 Å². The Bertz CT molecular complexity index is 91.3. The molecule has 0 rings (SSSR count). The van der Waals surface area contributed by atoms with Gasteiger partial charge in [0.1, 0.15) is 0 Å². The second kappa shape index (κ2) is 7.16. The van der Waals surface area contributed by atoms with Crippen LogP contribution in [0.2, 0.25) is 0 Å². The predicted octanol–water partition coefficient (Wildman–Crippen LogP) is 1.91. The van der Waals surface area contributed by atoms with Crippen LogP contribution in [0.4, 0.5) is 0 Å². The number of hydrogen-bond acceptors (Lipinski definition) is 2. The molecule has 0 heterocycles. The molecule has 60 valence electrons. The number of rotatable bonds is 6. The maximum atomic E-state index is 3.80. The van der Waals surface area contributed by atoms with E-state index in [9.17, 15) is 0 Å². The highest BCUT2D eigenvalue weighted by Crippen LogP contribution is 1.95. The molecule has 1 N–H and O–H groups in total. The summed E-state index contributed by atoms with van der Waals surface area (Å²) < 4.78 is 0. The second-order valence-electron chi connectivity index (χ2n) is 2.33. The molecular weight excluding hydrogens is 142 g/mol. The topological polar surface area (TPSA) is 12.0 Å². The van der Waals surface area contributed by atoms with Crippen LogP contribution in [0.15, 0.2) is 12.2 Å². The van der Waals surface area contributed by atoms with Gasteiger partial charge in [0.05, 0.1) is 0 Å². The summed E-state index contributed by atoms with van der Waals surface area (Å²) in [5, 5.41) is 3.30. The number of hydrogen-bond donors (Lipinski definition) is 1. The van der Waals surface area contributed by atoms with Gasteiger partial charge in [-0.05, 0) is 12.7 Å². The van der Waals surface area contributed by atoms with Crippen LogP contribution in [0.5, 0.6) is 0 Å². The molecule has 0 aromatic heterocycles. The first-order chi connectivity index (χ1) is 4.77. The van der Waals surface area contributed by atoms with E-state index in [0.717, 1.165) is 13.1 Å². The zero-order chi connectivity index (χ0) is 7.82. The van der Waals surface area contributed by atoms with E-state index in [1.807, 2.05) is 18.7 Å². The average molecular weight is 159 g/mol. The summed E-state index contributed by atoms with van der Waals surface area (Å²) in [6.45, 7) is 10.1. The van der Waals surface area contributed by atoms with Gasteiger partial charge in [0, 0.05) is 18.8 Å². The first-order valence-corrected chi connectivity index (χ1v) is 4.85. The predicted molar refractivity (Wildman–Crippen MR) is 50.7 cm³/mol. The normalized spacial score (nSPS) is 9.80. The molecule has 0 aliphatic rings. The van der Waals surface area contributed by atoms with E-state index < -0.39 is 0 Å². The molecule has 0 aromatic rings. The summed E-state index contributed by atoms with van der Waals surface area (Å²) in [5.74, 6) is 2.43. The van der Waals surface area contributed by atoms with Crippen molar-refractivity contribution in [3.05, 3.63) is 12.2 Å². The molecule has 0 unspecified atom stereocenters. The summed E-state index contributed by atoms with van der Waals surface area (Å²) in [6, 6.07) is 0. The maximum absolute atomic E-state index is 3.80. The highest BCUT2D eigenvalue weighted by atomic mass is 32.2. The third-order valence-corrected chi connectivity index (χ3v) is 1.96. The Labute approximate surface area is 68.3 Å². The van der Waals surface area contributed by atoms with Crippen LogP contribution in [0.3, 0.4) is 0 Å². The van der Waals surface area contributed by atoms with Gasteiger partial charge in [0.15, 0.2) is 0 Å².